The molecule has 0 saturated heterocycles. The van der Waals surface area contributed by atoms with E-state index in [9.17, 15) is 4.79 Å². The van der Waals surface area contributed by atoms with Crippen LogP contribution in [-0.4, -0.2) is 13.1 Å². The topological polar surface area (TPSA) is 47.6 Å². The molecule has 3 atom stereocenters. The molecule has 1 heterocycles. The first-order valence-electron chi connectivity index (χ1n) is 10.2. The van der Waals surface area contributed by atoms with Crippen LogP contribution in [0.1, 0.15) is 39.9 Å². The van der Waals surface area contributed by atoms with Crippen LogP contribution in [0.5, 0.6) is 11.5 Å². The summed E-state index contributed by atoms with van der Waals surface area (Å²) < 4.78 is 10.9. The van der Waals surface area contributed by atoms with Crippen LogP contribution in [0, 0.1) is 5.92 Å². The fraction of sp³-hybridized carbons (Fsp3) is 0.192. The van der Waals surface area contributed by atoms with Gasteiger partial charge < -0.3 is 14.8 Å². The van der Waals surface area contributed by atoms with Gasteiger partial charge in [0, 0.05) is 11.6 Å². The van der Waals surface area contributed by atoms with E-state index in [1.54, 1.807) is 19.2 Å². The second kappa shape index (κ2) is 7.71. The molecule has 30 heavy (non-hydrogen) atoms. The predicted octanol–water partition coefficient (Wildman–Crippen LogP) is 5.74. The van der Waals surface area contributed by atoms with Gasteiger partial charge in [-0.2, -0.15) is 0 Å². The molecule has 0 fully saturated rings. The van der Waals surface area contributed by atoms with Gasteiger partial charge in [0.25, 0.3) is 0 Å². The van der Waals surface area contributed by atoms with Crippen molar-refractivity contribution in [2.75, 3.05) is 12.4 Å². The van der Waals surface area contributed by atoms with Crippen LogP contribution >= 0.6 is 0 Å². The molecule has 3 aromatic carbocycles. The van der Waals surface area contributed by atoms with E-state index in [0.29, 0.717) is 23.1 Å². The van der Waals surface area contributed by atoms with Gasteiger partial charge in [-0.1, -0.05) is 42.5 Å². The quantitative estimate of drug-likeness (QED) is 0.346. The highest BCUT2D eigenvalue weighted by Gasteiger charge is 2.38. The van der Waals surface area contributed by atoms with E-state index in [4.69, 9.17) is 9.47 Å². The zero-order valence-corrected chi connectivity index (χ0v) is 16.7. The van der Waals surface area contributed by atoms with Crippen LogP contribution in [0.2, 0.25) is 0 Å². The van der Waals surface area contributed by atoms with E-state index in [0.717, 1.165) is 17.9 Å². The van der Waals surface area contributed by atoms with Gasteiger partial charge in [0.2, 0.25) is 0 Å². The lowest BCUT2D eigenvalue weighted by atomic mass is 9.77. The Morgan fingerprint density at radius 2 is 1.73 bits per heavy atom. The van der Waals surface area contributed by atoms with Gasteiger partial charge in [-0.25, -0.2) is 4.79 Å². The van der Waals surface area contributed by atoms with Crippen molar-refractivity contribution in [1.29, 1.82) is 0 Å². The Morgan fingerprint density at radius 1 is 0.967 bits per heavy atom. The first-order valence-corrected chi connectivity index (χ1v) is 10.2. The van der Waals surface area contributed by atoms with Crippen LogP contribution in [0.4, 0.5) is 5.69 Å². The number of anilines is 1. The standard InChI is InChI=1S/C26H23NO3/c1-29-20-14-15-24-23(16-20)21-8-5-9-22(21)25(27-24)17-10-12-19(13-11-17)30-26(28)18-6-3-2-4-7-18/h2-8,10-16,21-22,25,27H,9H2,1H3/t21-,22+,25+/m1/s1. The van der Waals surface area contributed by atoms with Crippen LogP contribution < -0.4 is 14.8 Å². The third-order valence-electron chi connectivity index (χ3n) is 6.03. The van der Waals surface area contributed by atoms with E-state index < -0.39 is 0 Å². The number of carbonyl (C=O) groups excluding carboxylic acids is 1. The number of ether oxygens (including phenoxy) is 2. The summed E-state index contributed by atoms with van der Waals surface area (Å²) in [5.74, 6) is 1.91. The molecule has 0 bridgehead atoms. The van der Waals surface area contributed by atoms with Crippen molar-refractivity contribution in [3.63, 3.8) is 0 Å². The van der Waals surface area contributed by atoms with Crippen LogP contribution in [0.15, 0.2) is 84.9 Å². The summed E-state index contributed by atoms with van der Waals surface area (Å²) in [5.41, 5.74) is 4.17. The highest BCUT2D eigenvalue weighted by molar-refractivity contribution is 5.90. The summed E-state index contributed by atoms with van der Waals surface area (Å²) in [6, 6.07) is 23.3. The van der Waals surface area contributed by atoms with Crippen LogP contribution in [0.25, 0.3) is 0 Å². The maximum atomic E-state index is 12.3. The van der Waals surface area contributed by atoms with Crippen molar-refractivity contribution in [1.82, 2.24) is 0 Å². The molecular weight excluding hydrogens is 374 g/mol. The van der Waals surface area contributed by atoms with Crippen molar-refractivity contribution in [3.05, 3.63) is 102 Å². The molecular formula is C26H23NO3. The molecule has 3 aromatic rings. The Hall–Kier alpha value is -3.53. The molecule has 0 amide bonds. The summed E-state index contributed by atoms with van der Waals surface area (Å²) in [6.07, 6.45) is 5.62. The van der Waals surface area contributed by atoms with Gasteiger partial charge in [0.05, 0.1) is 18.7 Å². The lowest BCUT2D eigenvalue weighted by molar-refractivity contribution is 0.0734. The van der Waals surface area contributed by atoms with Crippen molar-refractivity contribution < 1.29 is 14.3 Å². The Bertz CT molecular complexity index is 1090. The molecule has 0 saturated carbocycles. The summed E-state index contributed by atoms with van der Waals surface area (Å²) >= 11 is 0. The Kier molecular flexibility index (Phi) is 4.75. The fourth-order valence-electron chi connectivity index (χ4n) is 4.51. The summed E-state index contributed by atoms with van der Waals surface area (Å²) in [5, 5.41) is 3.72. The van der Waals surface area contributed by atoms with Crippen LogP contribution in [0.3, 0.4) is 0 Å². The normalized spacial score (nSPS) is 21.3. The minimum Gasteiger partial charge on any atom is -0.497 e. The van der Waals surface area contributed by atoms with Gasteiger partial charge in [-0.15, -0.1) is 0 Å². The first-order chi connectivity index (χ1) is 14.7. The molecule has 1 N–H and O–H groups in total. The number of methoxy groups -OCH3 is 1. The predicted molar refractivity (Wildman–Crippen MR) is 117 cm³/mol. The smallest absolute Gasteiger partial charge is 0.343 e. The average Bonchev–Trinajstić information content (AvgIpc) is 3.30. The number of fused-ring (bicyclic) bond motifs is 3. The minimum absolute atomic E-state index is 0.199. The van der Waals surface area contributed by atoms with Gasteiger partial charge in [-0.05, 0) is 65.9 Å². The number of nitrogens with one attached hydrogen (secondary N) is 1. The molecule has 150 valence electrons. The zero-order valence-electron chi connectivity index (χ0n) is 16.7. The van der Waals surface area contributed by atoms with Crippen molar-refractivity contribution in [3.8, 4) is 11.5 Å². The molecule has 2 aliphatic rings. The summed E-state index contributed by atoms with van der Waals surface area (Å²) in [4.78, 5) is 12.3. The van der Waals surface area contributed by atoms with Crippen LogP contribution in [-0.2, 0) is 0 Å². The number of allylic oxidation sites excluding steroid dienone is 2. The number of hydrogen-bond donors (Lipinski definition) is 1. The lowest BCUT2D eigenvalue weighted by Gasteiger charge is -2.37. The van der Waals surface area contributed by atoms with E-state index in [1.807, 2.05) is 36.4 Å². The second-order valence-electron chi connectivity index (χ2n) is 7.75. The van der Waals surface area contributed by atoms with Crippen molar-refractivity contribution in [2.24, 2.45) is 5.92 Å². The Labute approximate surface area is 176 Å². The third-order valence-corrected chi connectivity index (χ3v) is 6.03. The Morgan fingerprint density at radius 3 is 2.50 bits per heavy atom. The maximum absolute atomic E-state index is 12.3. The summed E-state index contributed by atoms with van der Waals surface area (Å²) in [6.45, 7) is 0. The van der Waals surface area contributed by atoms with Gasteiger partial charge in [-0.3, -0.25) is 0 Å². The van der Waals surface area contributed by atoms with Crippen molar-refractivity contribution >= 4 is 11.7 Å². The Balaban J connectivity index is 1.37. The lowest BCUT2D eigenvalue weighted by Crippen LogP contribution is -2.29. The number of esters is 1. The molecule has 0 radical (unpaired) electrons. The largest absolute Gasteiger partial charge is 0.497 e. The molecule has 1 aliphatic carbocycles. The molecule has 4 nitrogen and oxygen atoms in total. The molecule has 4 heteroatoms. The molecule has 0 spiro atoms. The van der Waals surface area contributed by atoms with E-state index in [1.165, 1.54) is 11.1 Å². The van der Waals surface area contributed by atoms with Gasteiger partial charge in [0.15, 0.2) is 0 Å². The third kappa shape index (κ3) is 3.35. The highest BCUT2D eigenvalue weighted by atomic mass is 16.5. The number of rotatable bonds is 4. The average molecular weight is 397 g/mol. The number of benzene rings is 3. The fourth-order valence-corrected chi connectivity index (χ4v) is 4.51. The number of hydrogen-bond acceptors (Lipinski definition) is 4. The van der Waals surface area contributed by atoms with E-state index >= 15 is 0 Å². The van der Waals surface area contributed by atoms with E-state index in [-0.39, 0.29) is 12.0 Å². The summed E-state index contributed by atoms with van der Waals surface area (Å²) in [7, 11) is 1.70. The monoisotopic (exact) mass is 397 g/mol. The number of carbonyl (C=O) groups is 1. The highest BCUT2D eigenvalue weighted by Crippen LogP contribution is 2.50. The molecule has 1 aliphatic heterocycles. The van der Waals surface area contributed by atoms with E-state index in [2.05, 4.69) is 41.7 Å². The zero-order chi connectivity index (χ0) is 20.5. The molecule has 0 aromatic heterocycles. The van der Waals surface area contributed by atoms with Gasteiger partial charge >= 0.3 is 5.97 Å². The maximum Gasteiger partial charge on any atom is 0.343 e. The first kappa shape index (κ1) is 18.5. The second-order valence-corrected chi connectivity index (χ2v) is 7.75. The SMILES string of the molecule is COc1ccc2c(c1)[C@@H]1C=CC[C@@H]1[C@H](c1ccc(OC(=O)c3ccccc3)cc1)N2. The molecule has 0 unspecified atom stereocenters. The van der Waals surface area contributed by atoms with Gasteiger partial charge in [0.1, 0.15) is 11.5 Å². The minimum atomic E-state index is -0.345. The van der Waals surface area contributed by atoms with Crippen molar-refractivity contribution in [2.45, 2.75) is 18.4 Å². The molecule has 5 rings (SSSR count).